The van der Waals surface area contributed by atoms with Crippen molar-refractivity contribution in [2.75, 3.05) is 13.2 Å². The maximum absolute atomic E-state index is 5.28. The maximum atomic E-state index is 5.28. The summed E-state index contributed by atoms with van der Waals surface area (Å²) >= 11 is 0. The average molecular weight is 139 g/mol. The van der Waals surface area contributed by atoms with E-state index in [1.165, 1.54) is 0 Å². The van der Waals surface area contributed by atoms with E-state index in [4.69, 9.17) is 4.74 Å². The molecular weight excluding hydrogens is 126 g/mol. The molecule has 0 aromatic heterocycles. The van der Waals surface area contributed by atoms with Crippen molar-refractivity contribution in [3.8, 4) is 0 Å². The maximum Gasteiger partial charge on any atom is 0.187 e. The van der Waals surface area contributed by atoms with Crippen molar-refractivity contribution >= 4 is 5.90 Å². The molecule has 2 nitrogen and oxygen atoms in total. The van der Waals surface area contributed by atoms with Crippen LogP contribution in [-0.2, 0) is 4.74 Å². The van der Waals surface area contributed by atoms with E-state index in [-0.39, 0.29) is 0 Å². The van der Waals surface area contributed by atoms with Gasteiger partial charge in [0.25, 0.3) is 0 Å². The fraction of sp³-hybridized carbons (Fsp3) is 0.625. The van der Waals surface area contributed by atoms with E-state index >= 15 is 0 Å². The standard InChI is InChI=1S/C8H13NO/c1-2-3-5-8-9-6-4-7-10-8/h2-3H,4-7H2,1H3. The van der Waals surface area contributed by atoms with Crippen LogP contribution in [0.25, 0.3) is 0 Å². The predicted molar refractivity (Wildman–Crippen MR) is 42.3 cm³/mol. The van der Waals surface area contributed by atoms with Gasteiger partial charge in [-0.3, -0.25) is 4.99 Å². The Bertz CT molecular complexity index is 149. The minimum Gasteiger partial charge on any atom is -0.481 e. The van der Waals surface area contributed by atoms with Crippen molar-refractivity contribution in [1.82, 2.24) is 0 Å². The van der Waals surface area contributed by atoms with Gasteiger partial charge in [0.2, 0.25) is 0 Å². The molecular formula is C8H13NO. The van der Waals surface area contributed by atoms with Crippen molar-refractivity contribution in [2.24, 2.45) is 4.99 Å². The van der Waals surface area contributed by atoms with E-state index in [1.54, 1.807) is 0 Å². The van der Waals surface area contributed by atoms with Crippen LogP contribution in [0.2, 0.25) is 0 Å². The Morgan fingerprint density at radius 2 is 2.60 bits per heavy atom. The zero-order valence-electron chi connectivity index (χ0n) is 6.34. The molecule has 0 aliphatic carbocycles. The molecule has 0 aromatic rings. The van der Waals surface area contributed by atoms with Crippen molar-refractivity contribution in [3.63, 3.8) is 0 Å². The van der Waals surface area contributed by atoms with Crippen LogP contribution in [0.4, 0.5) is 0 Å². The summed E-state index contributed by atoms with van der Waals surface area (Å²) in [6.07, 6.45) is 6.00. The number of hydrogen-bond acceptors (Lipinski definition) is 2. The summed E-state index contributed by atoms with van der Waals surface area (Å²) in [6, 6.07) is 0. The number of nitrogens with zero attached hydrogens (tertiary/aromatic N) is 1. The van der Waals surface area contributed by atoms with Crippen LogP contribution in [0.15, 0.2) is 17.1 Å². The number of rotatable bonds is 2. The predicted octanol–water partition coefficient (Wildman–Crippen LogP) is 1.77. The molecule has 0 unspecified atom stereocenters. The molecule has 56 valence electrons. The smallest absolute Gasteiger partial charge is 0.187 e. The highest BCUT2D eigenvalue weighted by Crippen LogP contribution is 2.00. The Morgan fingerprint density at radius 1 is 1.70 bits per heavy atom. The molecule has 0 saturated carbocycles. The Hall–Kier alpha value is -0.790. The monoisotopic (exact) mass is 139 g/mol. The first-order chi connectivity index (χ1) is 4.93. The van der Waals surface area contributed by atoms with Gasteiger partial charge in [0, 0.05) is 19.4 Å². The van der Waals surface area contributed by atoms with Crippen molar-refractivity contribution in [1.29, 1.82) is 0 Å². The largest absolute Gasteiger partial charge is 0.481 e. The molecule has 0 fully saturated rings. The average Bonchev–Trinajstić information content (AvgIpc) is 2.03. The van der Waals surface area contributed by atoms with E-state index < -0.39 is 0 Å². The summed E-state index contributed by atoms with van der Waals surface area (Å²) < 4.78 is 5.28. The molecule has 1 rings (SSSR count). The molecule has 0 bridgehead atoms. The van der Waals surface area contributed by atoms with Gasteiger partial charge >= 0.3 is 0 Å². The lowest BCUT2D eigenvalue weighted by Gasteiger charge is -2.11. The highest BCUT2D eigenvalue weighted by atomic mass is 16.5. The van der Waals surface area contributed by atoms with Gasteiger partial charge in [0.1, 0.15) is 0 Å². The van der Waals surface area contributed by atoms with Crippen LogP contribution >= 0.6 is 0 Å². The number of hydrogen-bond donors (Lipinski definition) is 0. The topological polar surface area (TPSA) is 21.6 Å². The Morgan fingerprint density at radius 3 is 3.20 bits per heavy atom. The van der Waals surface area contributed by atoms with Gasteiger partial charge in [-0.1, -0.05) is 12.2 Å². The summed E-state index contributed by atoms with van der Waals surface area (Å²) in [4.78, 5) is 4.21. The fourth-order valence-electron chi connectivity index (χ4n) is 0.846. The lowest BCUT2D eigenvalue weighted by molar-refractivity contribution is 0.277. The molecule has 0 saturated heterocycles. The molecule has 0 N–H and O–H groups in total. The Balaban J connectivity index is 2.31. The summed E-state index contributed by atoms with van der Waals surface area (Å²) in [5, 5.41) is 0. The van der Waals surface area contributed by atoms with Gasteiger partial charge in [0.15, 0.2) is 5.90 Å². The SMILES string of the molecule is CC=CCC1=NCCCO1. The van der Waals surface area contributed by atoms with Gasteiger partial charge < -0.3 is 4.74 Å². The van der Waals surface area contributed by atoms with Gasteiger partial charge in [-0.15, -0.1) is 0 Å². The molecule has 10 heavy (non-hydrogen) atoms. The van der Waals surface area contributed by atoms with Crippen molar-refractivity contribution in [2.45, 2.75) is 19.8 Å². The third-order valence-electron chi connectivity index (χ3n) is 1.39. The molecule has 0 radical (unpaired) electrons. The van der Waals surface area contributed by atoms with Gasteiger partial charge in [-0.2, -0.15) is 0 Å². The molecule has 1 aliphatic rings. The number of ether oxygens (including phenoxy) is 1. The van der Waals surface area contributed by atoms with Crippen LogP contribution in [0.1, 0.15) is 19.8 Å². The Labute approximate surface area is 61.6 Å². The van der Waals surface area contributed by atoms with Crippen molar-refractivity contribution in [3.05, 3.63) is 12.2 Å². The molecule has 1 aliphatic heterocycles. The van der Waals surface area contributed by atoms with E-state index in [0.717, 1.165) is 31.9 Å². The van der Waals surface area contributed by atoms with Gasteiger partial charge in [0.05, 0.1) is 6.61 Å². The summed E-state index contributed by atoms with van der Waals surface area (Å²) in [5.41, 5.74) is 0. The summed E-state index contributed by atoms with van der Waals surface area (Å²) in [5.74, 6) is 0.893. The first-order valence-electron chi connectivity index (χ1n) is 3.71. The second kappa shape index (κ2) is 4.09. The third-order valence-corrected chi connectivity index (χ3v) is 1.39. The molecule has 0 amide bonds. The van der Waals surface area contributed by atoms with Crippen LogP contribution in [0, 0.1) is 0 Å². The van der Waals surface area contributed by atoms with Crippen molar-refractivity contribution < 1.29 is 4.74 Å². The first-order valence-corrected chi connectivity index (χ1v) is 3.71. The lowest BCUT2D eigenvalue weighted by Crippen LogP contribution is -2.12. The highest BCUT2D eigenvalue weighted by molar-refractivity contribution is 5.77. The first kappa shape index (κ1) is 7.32. The third kappa shape index (κ3) is 2.21. The van der Waals surface area contributed by atoms with Crippen LogP contribution in [0.5, 0.6) is 0 Å². The minimum absolute atomic E-state index is 0.844. The lowest BCUT2D eigenvalue weighted by atomic mass is 10.3. The zero-order valence-corrected chi connectivity index (χ0v) is 6.34. The highest BCUT2D eigenvalue weighted by Gasteiger charge is 2.01. The van der Waals surface area contributed by atoms with E-state index in [0.29, 0.717) is 0 Å². The normalized spacial score (nSPS) is 18.7. The van der Waals surface area contributed by atoms with Gasteiger partial charge in [-0.25, -0.2) is 0 Å². The number of allylic oxidation sites excluding steroid dienone is 1. The fourth-order valence-corrected chi connectivity index (χ4v) is 0.846. The minimum atomic E-state index is 0.844. The second-order valence-corrected chi connectivity index (χ2v) is 2.25. The molecule has 0 atom stereocenters. The van der Waals surface area contributed by atoms with Crippen LogP contribution in [0.3, 0.4) is 0 Å². The summed E-state index contributed by atoms with van der Waals surface area (Å²) in [6.45, 7) is 3.78. The Kier molecular flexibility index (Phi) is 3.00. The number of aliphatic imine (C=N–C) groups is 1. The zero-order chi connectivity index (χ0) is 7.23. The summed E-state index contributed by atoms with van der Waals surface area (Å²) in [7, 11) is 0. The molecule has 2 heteroatoms. The van der Waals surface area contributed by atoms with Crippen LogP contribution in [-0.4, -0.2) is 19.0 Å². The van der Waals surface area contributed by atoms with Crippen LogP contribution < -0.4 is 0 Å². The molecule has 0 aromatic carbocycles. The van der Waals surface area contributed by atoms with E-state index in [9.17, 15) is 0 Å². The van der Waals surface area contributed by atoms with Gasteiger partial charge in [-0.05, 0) is 6.92 Å². The quantitative estimate of drug-likeness (QED) is 0.534. The van der Waals surface area contributed by atoms with E-state index in [1.807, 2.05) is 13.0 Å². The second-order valence-electron chi connectivity index (χ2n) is 2.25. The van der Waals surface area contributed by atoms with E-state index in [2.05, 4.69) is 11.1 Å². The molecule has 0 spiro atoms. The molecule has 1 heterocycles.